The van der Waals surface area contributed by atoms with Gasteiger partial charge in [0.25, 0.3) is 0 Å². The topological polar surface area (TPSA) is 41.0 Å². The first-order valence-electron chi connectivity index (χ1n) is 9.82. The summed E-state index contributed by atoms with van der Waals surface area (Å²) in [6.45, 7) is 8.91. The summed E-state index contributed by atoms with van der Waals surface area (Å²) in [4.78, 5) is 11.3. The van der Waals surface area contributed by atoms with Gasteiger partial charge in [0.2, 0.25) is 0 Å². The van der Waals surface area contributed by atoms with Gasteiger partial charge in [0.15, 0.2) is 0 Å². The molecule has 1 aliphatic heterocycles. The summed E-state index contributed by atoms with van der Waals surface area (Å²) < 4.78 is 0. The summed E-state index contributed by atoms with van der Waals surface area (Å²) in [5.74, 6) is 0.952. The lowest BCUT2D eigenvalue weighted by Gasteiger charge is -2.34. The van der Waals surface area contributed by atoms with Gasteiger partial charge in [-0.1, -0.05) is 45.0 Å². The second kappa shape index (κ2) is 7.18. The van der Waals surface area contributed by atoms with Gasteiger partial charge in [-0.3, -0.25) is 0 Å². The molecule has 27 heavy (non-hydrogen) atoms. The fourth-order valence-electron chi connectivity index (χ4n) is 3.77. The van der Waals surface area contributed by atoms with Crippen molar-refractivity contribution in [1.29, 1.82) is 0 Å². The van der Waals surface area contributed by atoms with Crippen molar-refractivity contribution < 1.29 is 0 Å². The van der Waals surface area contributed by atoms with Crippen molar-refractivity contribution in [3.05, 3.63) is 60.4 Å². The highest BCUT2D eigenvalue weighted by Crippen LogP contribution is 2.27. The second-order valence-electron chi connectivity index (χ2n) is 8.44. The van der Waals surface area contributed by atoms with Crippen LogP contribution in [-0.2, 0) is 5.41 Å². The van der Waals surface area contributed by atoms with Gasteiger partial charge in [-0.05, 0) is 48.1 Å². The predicted molar refractivity (Wildman–Crippen MR) is 114 cm³/mol. The van der Waals surface area contributed by atoms with E-state index in [2.05, 4.69) is 71.3 Å². The molecular weight excluding hydrogens is 332 g/mol. The maximum absolute atomic E-state index is 4.48. The molecule has 1 aliphatic rings. The molecule has 4 rings (SSSR count). The van der Waals surface area contributed by atoms with Crippen molar-refractivity contribution in [3.63, 3.8) is 0 Å². The Hall–Kier alpha value is -2.62. The Kier molecular flexibility index (Phi) is 4.73. The SMILES string of the molecule is CC(C)(C)c1ccc(N2CCC(Nc3ncnc4ccccc34)CC2)cc1. The van der Waals surface area contributed by atoms with Crippen LogP contribution in [0.15, 0.2) is 54.9 Å². The Morgan fingerprint density at radius 1 is 0.926 bits per heavy atom. The maximum atomic E-state index is 4.48. The van der Waals surface area contributed by atoms with E-state index in [1.807, 2.05) is 18.2 Å². The number of para-hydroxylation sites is 1. The van der Waals surface area contributed by atoms with E-state index >= 15 is 0 Å². The van der Waals surface area contributed by atoms with Gasteiger partial charge in [-0.2, -0.15) is 0 Å². The molecule has 1 aromatic heterocycles. The molecule has 0 spiro atoms. The minimum Gasteiger partial charge on any atom is -0.371 e. The van der Waals surface area contributed by atoms with E-state index in [1.54, 1.807) is 6.33 Å². The van der Waals surface area contributed by atoms with Crippen LogP contribution in [0.3, 0.4) is 0 Å². The minimum absolute atomic E-state index is 0.204. The van der Waals surface area contributed by atoms with Crippen molar-refractivity contribution in [1.82, 2.24) is 9.97 Å². The first kappa shape index (κ1) is 17.8. The molecule has 1 N–H and O–H groups in total. The number of hydrogen-bond donors (Lipinski definition) is 1. The van der Waals surface area contributed by atoms with Crippen LogP contribution < -0.4 is 10.2 Å². The summed E-state index contributed by atoms with van der Waals surface area (Å²) in [6, 6.07) is 17.7. The highest BCUT2D eigenvalue weighted by molar-refractivity contribution is 5.88. The van der Waals surface area contributed by atoms with E-state index < -0.39 is 0 Å². The van der Waals surface area contributed by atoms with Crippen LogP contribution in [-0.4, -0.2) is 29.1 Å². The number of anilines is 2. The summed E-state index contributed by atoms with van der Waals surface area (Å²) in [7, 11) is 0. The number of fused-ring (bicyclic) bond motifs is 1. The molecule has 0 unspecified atom stereocenters. The van der Waals surface area contributed by atoms with E-state index in [0.29, 0.717) is 6.04 Å². The van der Waals surface area contributed by atoms with Crippen molar-refractivity contribution in [3.8, 4) is 0 Å². The zero-order valence-corrected chi connectivity index (χ0v) is 16.4. The first-order valence-corrected chi connectivity index (χ1v) is 9.82. The number of hydrogen-bond acceptors (Lipinski definition) is 4. The van der Waals surface area contributed by atoms with Crippen molar-refractivity contribution in [2.24, 2.45) is 0 Å². The molecule has 2 heterocycles. The molecule has 1 saturated heterocycles. The third kappa shape index (κ3) is 3.90. The summed E-state index contributed by atoms with van der Waals surface area (Å²) in [5, 5.41) is 4.74. The van der Waals surface area contributed by atoms with Crippen LogP contribution in [0.2, 0.25) is 0 Å². The average Bonchev–Trinajstić information content (AvgIpc) is 2.68. The predicted octanol–water partition coefficient (Wildman–Crippen LogP) is 5.01. The summed E-state index contributed by atoms with van der Waals surface area (Å²) >= 11 is 0. The van der Waals surface area contributed by atoms with E-state index in [4.69, 9.17) is 0 Å². The number of nitrogens with one attached hydrogen (secondary N) is 1. The van der Waals surface area contributed by atoms with Crippen molar-refractivity contribution in [2.75, 3.05) is 23.3 Å². The van der Waals surface area contributed by atoms with Gasteiger partial charge in [0, 0.05) is 30.2 Å². The largest absolute Gasteiger partial charge is 0.371 e. The normalized spacial score (nSPS) is 15.9. The quantitative estimate of drug-likeness (QED) is 0.713. The van der Waals surface area contributed by atoms with Gasteiger partial charge in [-0.15, -0.1) is 0 Å². The third-order valence-electron chi connectivity index (χ3n) is 5.48. The lowest BCUT2D eigenvalue weighted by atomic mass is 9.87. The standard InChI is InChI=1S/C23H28N4/c1-23(2,3)17-8-10-19(11-9-17)27-14-12-18(13-15-27)26-22-20-6-4-5-7-21(20)24-16-25-22/h4-11,16,18H,12-15H2,1-3H3,(H,24,25,26). The highest BCUT2D eigenvalue weighted by Gasteiger charge is 2.21. The molecule has 0 bridgehead atoms. The van der Waals surface area contributed by atoms with Crippen LogP contribution >= 0.6 is 0 Å². The molecule has 140 valence electrons. The lowest BCUT2D eigenvalue weighted by Crippen LogP contribution is -2.39. The Balaban J connectivity index is 1.40. The van der Waals surface area contributed by atoms with Crippen LogP contribution in [0.25, 0.3) is 10.9 Å². The van der Waals surface area contributed by atoms with Gasteiger partial charge in [-0.25, -0.2) is 9.97 Å². The Labute approximate surface area is 161 Å². The fourth-order valence-corrected chi connectivity index (χ4v) is 3.77. The molecular formula is C23H28N4. The summed E-state index contributed by atoms with van der Waals surface area (Å²) in [5.41, 5.74) is 3.91. The zero-order chi connectivity index (χ0) is 18.9. The van der Waals surface area contributed by atoms with E-state index in [1.165, 1.54) is 11.3 Å². The molecule has 0 radical (unpaired) electrons. The van der Waals surface area contributed by atoms with Crippen LogP contribution in [0.1, 0.15) is 39.2 Å². The second-order valence-corrected chi connectivity index (χ2v) is 8.44. The molecule has 4 nitrogen and oxygen atoms in total. The van der Waals surface area contributed by atoms with Gasteiger partial charge < -0.3 is 10.2 Å². The molecule has 4 heteroatoms. The first-order chi connectivity index (χ1) is 13.0. The number of rotatable bonds is 3. The molecule has 2 aromatic carbocycles. The van der Waals surface area contributed by atoms with E-state index in [0.717, 1.165) is 42.7 Å². The number of nitrogens with zero attached hydrogens (tertiary/aromatic N) is 3. The minimum atomic E-state index is 0.204. The fraction of sp³-hybridized carbons (Fsp3) is 0.391. The molecule has 1 fully saturated rings. The van der Waals surface area contributed by atoms with Crippen LogP contribution in [0.4, 0.5) is 11.5 Å². The number of aromatic nitrogens is 2. The monoisotopic (exact) mass is 360 g/mol. The van der Waals surface area contributed by atoms with Gasteiger partial charge in [0.05, 0.1) is 5.52 Å². The van der Waals surface area contributed by atoms with Crippen LogP contribution in [0, 0.1) is 0 Å². The summed E-state index contributed by atoms with van der Waals surface area (Å²) in [6.07, 6.45) is 3.87. The highest BCUT2D eigenvalue weighted by atomic mass is 15.2. The third-order valence-corrected chi connectivity index (χ3v) is 5.48. The number of piperidine rings is 1. The van der Waals surface area contributed by atoms with E-state index in [-0.39, 0.29) is 5.41 Å². The van der Waals surface area contributed by atoms with Gasteiger partial charge in [0.1, 0.15) is 12.1 Å². The van der Waals surface area contributed by atoms with E-state index in [9.17, 15) is 0 Å². The van der Waals surface area contributed by atoms with Crippen LogP contribution in [0.5, 0.6) is 0 Å². The van der Waals surface area contributed by atoms with Crippen molar-refractivity contribution in [2.45, 2.75) is 45.1 Å². The molecule has 0 aliphatic carbocycles. The Morgan fingerprint density at radius 2 is 1.63 bits per heavy atom. The maximum Gasteiger partial charge on any atom is 0.137 e. The smallest absolute Gasteiger partial charge is 0.137 e. The Bertz CT molecular complexity index is 898. The molecule has 0 atom stereocenters. The van der Waals surface area contributed by atoms with Crippen molar-refractivity contribution >= 4 is 22.4 Å². The zero-order valence-electron chi connectivity index (χ0n) is 16.4. The lowest BCUT2D eigenvalue weighted by molar-refractivity contribution is 0.525. The molecule has 3 aromatic rings. The number of benzene rings is 2. The Morgan fingerprint density at radius 3 is 2.33 bits per heavy atom. The average molecular weight is 361 g/mol. The van der Waals surface area contributed by atoms with Gasteiger partial charge >= 0.3 is 0 Å². The molecule has 0 saturated carbocycles. The molecule has 0 amide bonds.